The number of anilines is 1. The molecule has 1 aliphatic carbocycles. The summed E-state index contributed by atoms with van der Waals surface area (Å²) < 4.78 is 39.3. The molecule has 7 heteroatoms. The van der Waals surface area contributed by atoms with Crippen LogP contribution in [-0.2, 0) is 4.79 Å². The minimum Gasteiger partial charge on any atom is -0.324 e. The van der Waals surface area contributed by atoms with Gasteiger partial charge < -0.3 is 5.32 Å². The van der Waals surface area contributed by atoms with Crippen LogP contribution >= 0.6 is 15.9 Å². The first kappa shape index (κ1) is 15.3. The van der Waals surface area contributed by atoms with Crippen molar-refractivity contribution in [1.29, 1.82) is 0 Å². The average Bonchev–Trinajstić information content (AvgIpc) is 2.40. The molecule has 1 aromatic rings. The van der Waals surface area contributed by atoms with Gasteiger partial charge in [-0.05, 0) is 40.9 Å². The molecule has 1 N–H and O–H groups in total. The first-order valence-corrected chi connectivity index (χ1v) is 7.17. The number of carbonyl (C=O) groups is 1. The molecule has 1 fully saturated rings. The summed E-state index contributed by atoms with van der Waals surface area (Å²) in [6.45, 7) is 0. The van der Waals surface area contributed by atoms with Gasteiger partial charge in [0.25, 0.3) is 0 Å². The predicted molar refractivity (Wildman–Crippen MR) is 72.1 cm³/mol. The van der Waals surface area contributed by atoms with Crippen molar-refractivity contribution >= 4 is 27.5 Å². The van der Waals surface area contributed by atoms with Crippen molar-refractivity contribution in [1.82, 2.24) is 4.98 Å². The maximum Gasteiger partial charge on any atom is 0.392 e. The molecule has 110 valence electrons. The van der Waals surface area contributed by atoms with Gasteiger partial charge in [0.15, 0.2) is 0 Å². The second-order valence-electron chi connectivity index (χ2n) is 4.87. The average molecular weight is 351 g/mol. The number of hydrogen-bond acceptors (Lipinski definition) is 2. The van der Waals surface area contributed by atoms with E-state index in [4.69, 9.17) is 0 Å². The quantitative estimate of drug-likeness (QED) is 0.814. The van der Waals surface area contributed by atoms with Gasteiger partial charge in [-0.3, -0.25) is 4.79 Å². The molecule has 1 aromatic heterocycles. The fourth-order valence-electron chi connectivity index (χ4n) is 2.54. The van der Waals surface area contributed by atoms with Gasteiger partial charge in [-0.15, -0.1) is 0 Å². The van der Waals surface area contributed by atoms with Crippen molar-refractivity contribution < 1.29 is 18.0 Å². The summed E-state index contributed by atoms with van der Waals surface area (Å²) in [5, 5.41) is 2.53. The Labute approximate surface area is 123 Å². The first-order valence-electron chi connectivity index (χ1n) is 6.37. The Morgan fingerprint density at radius 2 is 2.05 bits per heavy atom. The standard InChI is InChI=1S/C13H14BrF3N2O/c14-11-10(6-3-7-18-11)19-12(20)8-4-1-2-5-9(8)13(15,16)17/h3,6-9H,1-2,4-5H2,(H,19,20). The summed E-state index contributed by atoms with van der Waals surface area (Å²) in [7, 11) is 0. The van der Waals surface area contributed by atoms with E-state index >= 15 is 0 Å². The minimum absolute atomic E-state index is 0.0236. The Bertz CT molecular complexity index is 493. The number of amides is 1. The lowest BCUT2D eigenvalue weighted by Gasteiger charge is -2.32. The first-order chi connectivity index (χ1) is 9.39. The van der Waals surface area contributed by atoms with Crippen LogP contribution in [0.1, 0.15) is 25.7 Å². The largest absolute Gasteiger partial charge is 0.392 e. The second kappa shape index (κ2) is 6.11. The molecule has 0 saturated heterocycles. The van der Waals surface area contributed by atoms with Gasteiger partial charge in [0.2, 0.25) is 5.91 Å². The Balaban J connectivity index is 2.13. The summed E-state index contributed by atoms with van der Waals surface area (Å²) in [4.78, 5) is 16.0. The molecule has 2 atom stereocenters. The van der Waals surface area contributed by atoms with Crippen molar-refractivity contribution in [2.75, 3.05) is 5.32 Å². The molecule has 2 rings (SSSR count). The van der Waals surface area contributed by atoms with Crippen LogP contribution in [0.3, 0.4) is 0 Å². The van der Waals surface area contributed by atoms with E-state index in [-0.39, 0.29) is 12.8 Å². The monoisotopic (exact) mass is 350 g/mol. The molecule has 20 heavy (non-hydrogen) atoms. The Kier molecular flexibility index (Phi) is 4.67. The molecule has 1 saturated carbocycles. The fraction of sp³-hybridized carbons (Fsp3) is 0.538. The number of pyridine rings is 1. The molecule has 3 nitrogen and oxygen atoms in total. The molecule has 1 aliphatic rings. The lowest BCUT2D eigenvalue weighted by atomic mass is 9.78. The van der Waals surface area contributed by atoms with Crippen LogP contribution < -0.4 is 5.32 Å². The van der Waals surface area contributed by atoms with Crippen LogP contribution in [0.2, 0.25) is 0 Å². The van der Waals surface area contributed by atoms with Crippen molar-refractivity contribution in [3.8, 4) is 0 Å². The minimum atomic E-state index is -4.32. The molecule has 0 aliphatic heterocycles. The molecular formula is C13H14BrF3N2O. The van der Waals surface area contributed by atoms with Gasteiger partial charge in [-0.1, -0.05) is 12.8 Å². The van der Waals surface area contributed by atoms with Crippen LogP contribution in [0.25, 0.3) is 0 Å². The third-order valence-corrected chi connectivity index (χ3v) is 4.17. The number of hydrogen-bond donors (Lipinski definition) is 1. The number of halogens is 4. The SMILES string of the molecule is O=C(Nc1cccnc1Br)C1CCCCC1C(F)(F)F. The van der Waals surface area contributed by atoms with Gasteiger partial charge in [0.1, 0.15) is 4.60 Å². The highest BCUT2D eigenvalue weighted by Crippen LogP contribution is 2.42. The fourth-order valence-corrected chi connectivity index (χ4v) is 2.89. The van der Waals surface area contributed by atoms with E-state index in [9.17, 15) is 18.0 Å². The Hall–Kier alpha value is -1.11. The van der Waals surface area contributed by atoms with E-state index in [0.717, 1.165) is 0 Å². The normalized spacial score (nSPS) is 23.4. The molecule has 1 heterocycles. The number of aromatic nitrogens is 1. The lowest BCUT2D eigenvalue weighted by Crippen LogP contribution is -2.39. The van der Waals surface area contributed by atoms with Crippen LogP contribution in [0.4, 0.5) is 18.9 Å². The van der Waals surface area contributed by atoms with E-state index in [1.165, 1.54) is 6.20 Å². The molecule has 2 unspecified atom stereocenters. The van der Waals surface area contributed by atoms with Gasteiger partial charge >= 0.3 is 6.18 Å². The molecule has 0 aromatic carbocycles. The van der Waals surface area contributed by atoms with E-state index in [2.05, 4.69) is 26.2 Å². The van der Waals surface area contributed by atoms with Crippen LogP contribution in [0.5, 0.6) is 0 Å². The summed E-state index contributed by atoms with van der Waals surface area (Å²) in [5.74, 6) is -3.15. The topological polar surface area (TPSA) is 42.0 Å². The molecule has 1 amide bonds. The molecule has 0 bridgehead atoms. The zero-order valence-corrected chi connectivity index (χ0v) is 12.2. The highest BCUT2D eigenvalue weighted by atomic mass is 79.9. The molecule has 0 radical (unpaired) electrons. The van der Waals surface area contributed by atoms with E-state index in [1.54, 1.807) is 12.1 Å². The Morgan fingerprint density at radius 3 is 2.70 bits per heavy atom. The number of nitrogens with zero attached hydrogens (tertiary/aromatic N) is 1. The summed E-state index contributed by atoms with van der Waals surface area (Å²) in [6, 6.07) is 3.21. The third kappa shape index (κ3) is 3.50. The number of rotatable bonds is 2. The zero-order valence-electron chi connectivity index (χ0n) is 10.6. The maximum atomic E-state index is 13.0. The summed E-state index contributed by atoms with van der Waals surface area (Å²) in [5.41, 5.74) is 0.393. The number of carbonyl (C=O) groups excluding carboxylic acids is 1. The number of nitrogens with one attached hydrogen (secondary N) is 1. The van der Waals surface area contributed by atoms with Crippen molar-refractivity contribution in [3.63, 3.8) is 0 Å². The molecular weight excluding hydrogens is 337 g/mol. The maximum absolute atomic E-state index is 13.0. The highest BCUT2D eigenvalue weighted by Gasteiger charge is 2.48. The summed E-state index contributed by atoms with van der Waals surface area (Å²) in [6.07, 6.45) is -1.33. The van der Waals surface area contributed by atoms with Gasteiger partial charge in [0, 0.05) is 12.1 Å². The van der Waals surface area contributed by atoms with Crippen molar-refractivity contribution in [2.45, 2.75) is 31.9 Å². The van der Waals surface area contributed by atoms with Gasteiger partial charge in [-0.25, -0.2) is 4.98 Å². The van der Waals surface area contributed by atoms with Crippen molar-refractivity contribution in [3.05, 3.63) is 22.9 Å². The van der Waals surface area contributed by atoms with Crippen LogP contribution in [0.15, 0.2) is 22.9 Å². The molecule has 0 spiro atoms. The third-order valence-electron chi connectivity index (χ3n) is 3.54. The van der Waals surface area contributed by atoms with E-state index in [1.807, 2.05) is 0 Å². The predicted octanol–water partition coefficient (Wildman–Crippen LogP) is 4.15. The van der Waals surface area contributed by atoms with Gasteiger partial charge in [0.05, 0.1) is 11.6 Å². The lowest BCUT2D eigenvalue weighted by molar-refractivity contribution is -0.197. The van der Waals surface area contributed by atoms with E-state index in [0.29, 0.717) is 23.1 Å². The van der Waals surface area contributed by atoms with Crippen LogP contribution in [-0.4, -0.2) is 17.1 Å². The van der Waals surface area contributed by atoms with E-state index < -0.39 is 23.9 Å². The van der Waals surface area contributed by atoms with Crippen molar-refractivity contribution in [2.24, 2.45) is 11.8 Å². The highest BCUT2D eigenvalue weighted by molar-refractivity contribution is 9.10. The van der Waals surface area contributed by atoms with Gasteiger partial charge in [-0.2, -0.15) is 13.2 Å². The smallest absolute Gasteiger partial charge is 0.324 e. The van der Waals surface area contributed by atoms with Crippen LogP contribution in [0, 0.1) is 11.8 Å². The summed E-state index contributed by atoms with van der Waals surface area (Å²) >= 11 is 3.16. The Morgan fingerprint density at radius 1 is 1.35 bits per heavy atom. The second-order valence-corrected chi connectivity index (χ2v) is 5.62. The number of alkyl halides is 3. The zero-order chi connectivity index (χ0) is 14.8.